The SMILES string of the molecule is Cn1cc(CN2C[C@@H]3[C@H](CCOCc4ccncc4)CO[C@@H]3C2)cn1. The molecule has 2 aromatic heterocycles. The standard InChI is InChI=1S/C19H26N4O2/c1-22-9-16(8-21-22)10-23-11-18-17(14-25-19(18)12-23)4-7-24-13-15-2-5-20-6-3-15/h2-3,5-6,8-9,17-19H,4,7,10-14H2,1H3/t17-,18-,19-/m1/s1. The highest BCUT2D eigenvalue weighted by Gasteiger charge is 2.43. The lowest BCUT2D eigenvalue weighted by atomic mass is 9.91. The number of likely N-dealkylation sites (tertiary alicyclic amines) is 1. The third kappa shape index (κ3) is 4.08. The first kappa shape index (κ1) is 16.7. The molecule has 2 aromatic rings. The van der Waals surface area contributed by atoms with Gasteiger partial charge < -0.3 is 9.47 Å². The number of fused-ring (bicyclic) bond motifs is 1. The van der Waals surface area contributed by atoms with E-state index >= 15 is 0 Å². The van der Waals surface area contributed by atoms with E-state index in [1.807, 2.05) is 42.5 Å². The number of pyridine rings is 1. The van der Waals surface area contributed by atoms with Gasteiger partial charge in [0.05, 0.1) is 25.5 Å². The Labute approximate surface area is 148 Å². The quantitative estimate of drug-likeness (QED) is 0.719. The molecular formula is C19H26N4O2. The summed E-state index contributed by atoms with van der Waals surface area (Å²) in [6.07, 6.45) is 9.14. The van der Waals surface area contributed by atoms with E-state index in [0.717, 1.165) is 39.3 Å². The summed E-state index contributed by atoms with van der Waals surface area (Å²) in [6.45, 7) is 5.46. The Hall–Kier alpha value is -1.76. The Morgan fingerprint density at radius 1 is 1.24 bits per heavy atom. The monoisotopic (exact) mass is 342 g/mol. The highest BCUT2D eigenvalue weighted by Crippen LogP contribution is 2.36. The van der Waals surface area contributed by atoms with Crippen LogP contribution in [0.2, 0.25) is 0 Å². The molecule has 0 N–H and O–H groups in total. The second kappa shape index (κ2) is 7.64. The minimum absolute atomic E-state index is 0.391. The van der Waals surface area contributed by atoms with Crippen LogP contribution in [0.15, 0.2) is 36.9 Å². The van der Waals surface area contributed by atoms with Crippen LogP contribution < -0.4 is 0 Å². The first-order valence-electron chi connectivity index (χ1n) is 9.06. The fraction of sp³-hybridized carbons (Fsp3) is 0.579. The van der Waals surface area contributed by atoms with Crippen molar-refractivity contribution in [3.05, 3.63) is 48.0 Å². The van der Waals surface area contributed by atoms with Crippen molar-refractivity contribution in [2.24, 2.45) is 18.9 Å². The molecule has 0 saturated carbocycles. The molecule has 4 heterocycles. The summed E-state index contributed by atoms with van der Waals surface area (Å²) in [4.78, 5) is 6.53. The zero-order valence-corrected chi connectivity index (χ0v) is 14.8. The van der Waals surface area contributed by atoms with Crippen LogP contribution in [0.3, 0.4) is 0 Å². The molecule has 25 heavy (non-hydrogen) atoms. The van der Waals surface area contributed by atoms with Crippen molar-refractivity contribution >= 4 is 0 Å². The Morgan fingerprint density at radius 3 is 2.92 bits per heavy atom. The minimum Gasteiger partial charge on any atom is -0.377 e. The number of aromatic nitrogens is 3. The van der Waals surface area contributed by atoms with E-state index in [4.69, 9.17) is 9.47 Å². The largest absolute Gasteiger partial charge is 0.377 e. The lowest BCUT2D eigenvalue weighted by molar-refractivity contribution is 0.0818. The van der Waals surface area contributed by atoms with Gasteiger partial charge in [-0.2, -0.15) is 5.10 Å². The van der Waals surface area contributed by atoms with E-state index in [0.29, 0.717) is 24.5 Å². The van der Waals surface area contributed by atoms with E-state index in [1.165, 1.54) is 11.1 Å². The zero-order chi connectivity index (χ0) is 17.1. The van der Waals surface area contributed by atoms with Gasteiger partial charge >= 0.3 is 0 Å². The van der Waals surface area contributed by atoms with Crippen LogP contribution in [0, 0.1) is 11.8 Å². The smallest absolute Gasteiger partial charge is 0.0746 e. The molecule has 0 radical (unpaired) electrons. The van der Waals surface area contributed by atoms with E-state index in [1.54, 1.807) is 0 Å². The van der Waals surface area contributed by atoms with Gasteiger partial charge in [0.2, 0.25) is 0 Å². The normalized spacial score (nSPS) is 26.2. The molecule has 0 aromatic carbocycles. The van der Waals surface area contributed by atoms with Gasteiger partial charge in [0, 0.05) is 63.4 Å². The molecular weight excluding hydrogens is 316 g/mol. The number of nitrogens with zero attached hydrogens (tertiary/aromatic N) is 4. The Bertz CT molecular complexity index is 675. The van der Waals surface area contributed by atoms with Crippen molar-refractivity contribution in [1.82, 2.24) is 19.7 Å². The molecule has 2 aliphatic rings. The molecule has 0 aliphatic carbocycles. The summed E-state index contributed by atoms with van der Waals surface area (Å²) in [5.41, 5.74) is 2.46. The average molecular weight is 342 g/mol. The fourth-order valence-electron chi connectivity index (χ4n) is 4.02. The van der Waals surface area contributed by atoms with Gasteiger partial charge in [-0.1, -0.05) is 0 Å². The molecule has 2 aliphatic heterocycles. The van der Waals surface area contributed by atoms with Crippen molar-refractivity contribution in [1.29, 1.82) is 0 Å². The van der Waals surface area contributed by atoms with Gasteiger partial charge in [0.15, 0.2) is 0 Å². The molecule has 0 bridgehead atoms. The fourth-order valence-corrected chi connectivity index (χ4v) is 4.02. The summed E-state index contributed by atoms with van der Waals surface area (Å²) in [7, 11) is 1.97. The maximum atomic E-state index is 6.05. The maximum Gasteiger partial charge on any atom is 0.0746 e. The van der Waals surface area contributed by atoms with Gasteiger partial charge in [-0.3, -0.25) is 14.6 Å². The van der Waals surface area contributed by atoms with E-state index in [-0.39, 0.29) is 0 Å². The summed E-state index contributed by atoms with van der Waals surface area (Å²) in [6, 6.07) is 4.00. The number of ether oxygens (including phenoxy) is 2. The summed E-state index contributed by atoms with van der Waals surface area (Å²) < 4.78 is 13.8. The van der Waals surface area contributed by atoms with Crippen molar-refractivity contribution in [3.8, 4) is 0 Å². The van der Waals surface area contributed by atoms with Gasteiger partial charge in [0.25, 0.3) is 0 Å². The van der Waals surface area contributed by atoms with Crippen molar-refractivity contribution in [2.45, 2.75) is 25.7 Å². The minimum atomic E-state index is 0.391. The molecule has 134 valence electrons. The third-order valence-electron chi connectivity index (χ3n) is 5.33. The summed E-state index contributed by atoms with van der Waals surface area (Å²) in [5.74, 6) is 1.25. The molecule has 2 saturated heterocycles. The predicted octanol–water partition coefficient (Wildman–Crippen LogP) is 1.87. The molecule has 0 amide bonds. The molecule has 4 rings (SSSR count). The van der Waals surface area contributed by atoms with Crippen LogP contribution in [-0.4, -0.2) is 52.1 Å². The highest BCUT2D eigenvalue weighted by molar-refractivity contribution is 5.08. The lowest BCUT2D eigenvalue weighted by Crippen LogP contribution is -2.24. The van der Waals surface area contributed by atoms with Crippen LogP contribution in [0.4, 0.5) is 0 Å². The lowest BCUT2D eigenvalue weighted by Gasteiger charge is -2.19. The van der Waals surface area contributed by atoms with Gasteiger partial charge in [-0.05, 0) is 30.0 Å². The van der Waals surface area contributed by atoms with Gasteiger partial charge in [-0.15, -0.1) is 0 Å². The molecule has 6 nitrogen and oxygen atoms in total. The van der Waals surface area contributed by atoms with Crippen LogP contribution in [0.1, 0.15) is 17.5 Å². The van der Waals surface area contributed by atoms with E-state index < -0.39 is 0 Å². The van der Waals surface area contributed by atoms with Crippen LogP contribution in [0.25, 0.3) is 0 Å². The zero-order valence-electron chi connectivity index (χ0n) is 14.8. The second-order valence-electron chi connectivity index (χ2n) is 7.21. The van der Waals surface area contributed by atoms with Crippen LogP contribution >= 0.6 is 0 Å². The average Bonchev–Trinajstić information content (AvgIpc) is 3.30. The van der Waals surface area contributed by atoms with Crippen molar-refractivity contribution in [2.75, 3.05) is 26.3 Å². The Morgan fingerprint density at radius 2 is 2.12 bits per heavy atom. The molecule has 0 unspecified atom stereocenters. The summed E-state index contributed by atoms with van der Waals surface area (Å²) in [5, 5.41) is 4.26. The second-order valence-corrected chi connectivity index (χ2v) is 7.21. The first-order chi connectivity index (χ1) is 12.3. The summed E-state index contributed by atoms with van der Waals surface area (Å²) >= 11 is 0. The molecule has 6 heteroatoms. The Kier molecular flexibility index (Phi) is 5.10. The first-order valence-corrected chi connectivity index (χ1v) is 9.06. The molecule has 0 spiro atoms. The van der Waals surface area contributed by atoms with Gasteiger partial charge in [0.1, 0.15) is 0 Å². The van der Waals surface area contributed by atoms with Crippen LogP contribution in [0.5, 0.6) is 0 Å². The van der Waals surface area contributed by atoms with Gasteiger partial charge in [-0.25, -0.2) is 0 Å². The van der Waals surface area contributed by atoms with Crippen LogP contribution in [-0.2, 0) is 29.7 Å². The van der Waals surface area contributed by atoms with Crippen molar-refractivity contribution < 1.29 is 9.47 Å². The van der Waals surface area contributed by atoms with Crippen molar-refractivity contribution in [3.63, 3.8) is 0 Å². The maximum absolute atomic E-state index is 6.05. The Balaban J connectivity index is 1.22. The number of hydrogen-bond acceptors (Lipinski definition) is 5. The number of aryl methyl sites for hydroxylation is 1. The predicted molar refractivity (Wildman–Crippen MR) is 93.7 cm³/mol. The highest BCUT2D eigenvalue weighted by atomic mass is 16.5. The number of rotatable bonds is 7. The molecule has 2 fully saturated rings. The topological polar surface area (TPSA) is 52.4 Å². The molecule has 3 atom stereocenters. The van der Waals surface area contributed by atoms with E-state index in [2.05, 4.69) is 21.2 Å². The van der Waals surface area contributed by atoms with E-state index in [9.17, 15) is 0 Å². The number of hydrogen-bond donors (Lipinski definition) is 0. The third-order valence-corrected chi connectivity index (χ3v) is 5.33.